The number of aliphatic hydroxyl groups is 1. The maximum atomic E-state index is 7.88. The smallest absolute Gasteiger partial charge is 0.119 e. The van der Waals surface area contributed by atoms with Gasteiger partial charge in [0.2, 0.25) is 0 Å². The third kappa shape index (κ3) is 90.8. The van der Waals surface area contributed by atoms with Crippen LogP contribution in [0.1, 0.15) is 77.6 Å². The topological polar surface area (TPSA) is 55.5 Å². The minimum absolute atomic E-state index is 0.0975. The molecule has 0 heterocycles. The van der Waals surface area contributed by atoms with Crippen LogP contribution < -0.4 is 5.73 Å². The van der Waals surface area contributed by atoms with Gasteiger partial charge in [0.1, 0.15) is 6.10 Å². The second-order valence-corrected chi connectivity index (χ2v) is 24.2. The molecular formula is C130H37Br2NO2. The lowest BCUT2D eigenvalue weighted by molar-refractivity contribution is 0.0887. The van der Waals surface area contributed by atoms with E-state index in [0.29, 0.717) is 16.6 Å². The molecule has 3 atom stereocenters. The Labute approximate surface area is 817 Å². The first-order valence-corrected chi connectivity index (χ1v) is 38.8. The van der Waals surface area contributed by atoms with Crippen molar-refractivity contribution >= 4 is 31.9 Å². The van der Waals surface area contributed by atoms with E-state index in [-0.39, 0.29) is 6.10 Å². The number of rotatable bonds is 3. The average molecular weight is 1800 g/mol. The van der Waals surface area contributed by atoms with Crippen molar-refractivity contribution in [1.29, 1.82) is 0 Å². The second-order valence-electron chi connectivity index (χ2n) is 20.5. The first-order valence-electron chi connectivity index (χ1n) is 37.2. The van der Waals surface area contributed by atoms with Gasteiger partial charge in [-0.1, -0.05) is 70.4 Å². The van der Waals surface area contributed by atoms with Crippen molar-refractivity contribution < 1.29 is 9.84 Å². The summed E-state index contributed by atoms with van der Waals surface area (Å²) in [7, 11) is 0. The number of hydrogen-bond donors (Lipinski definition) is 2. The molecule has 0 aliphatic heterocycles. The summed E-state index contributed by atoms with van der Waals surface area (Å²) < 4.78 is 5.58. The van der Waals surface area contributed by atoms with Gasteiger partial charge in [-0.25, -0.2) is 0 Å². The van der Waals surface area contributed by atoms with Crippen molar-refractivity contribution in [2.75, 3.05) is 13.3 Å². The molecule has 3 aliphatic rings. The fourth-order valence-corrected chi connectivity index (χ4v) is 8.62. The quantitative estimate of drug-likeness (QED) is 0.215. The predicted octanol–water partition coefficient (Wildman–Crippen LogP) is 5.76. The van der Waals surface area contributed by atoms with Crippen LogP contribution in [0.4, 0.5) is 0 Å². The lowest BCUT2D eigenvalue weighted by Crippen LogP contribution is -2.16. The normalized spacial score (nSPS) is 8.69. The molecule has 0 saturated heterocycles. The Morgan fingerprint density at radius 1 is 0.230 bits per heavy atom. The number of alkyl halides is 2. The maximum absolute atomic E-state index is 7.88. The summed E-state index contributed by atoms with van der Waals surface area (Å²) in [5.74, 6) is 276. The molecule has 0 aromatic heterocycles. The predicted molar refractivity (Wildman–Crippen MR) is 543 cm³/mol. The van der Waals surface area contributed by atoms with E-state index in [4.69, 9.17) is 28.4 Å². The number of ether oxygens (including phenoxy) is 1. The van der Waals surface area contributed by atoms with Crippen molar-refractivity contribution in [2.45, 2.75) is 86.9 Å². The lowest BCUT2D eigenvalue weighted by atomic mass is 10.1. The highest BCUT2D eigenvalue weighted by Crippen LogP contribution is 2.66. The molecule has 2 saturated carbocycles. The number of hydrogen-bond acceptors (Lipinski definition) is 3. The van der Waals surface area contributed by atoms with Crippen LogP contribution in [0.15, 0.2) is 0 Å². The Bertz CT molecular complexity index is 8180. The highest BCUT2D eigenvalue weighted by atomic mass is 79.9. The van der Waals surface area contributed by atoms with Crippen LogP contribution in [0.25, 0.3) is 0 Å². The van der Waals surface area contributed by atoms with Crippen molar-refractivity contribution in [3.05, 3.63) is 0 Å². The van der Waals surface area contributed by atoms with E-state index in [1.165, 1.54) is 51.4 Å². The van der Waals surface area contributed by atoms with Gasteiger partial charge in [0.15, 0.2) is 0 Å². The van der Waals surface area contributed by atoms with Crippen molar-refractivity contribution in [3.8, 4) is 664 Å². The maximum Gasteiger partial charge on any atom is 0.119 e. The summed E-state index contributed by atoms with van der Waals surface area (Å²) in [5.41, 5.74) is 5.26. The molecule has 2 fully saturated rings. The first kappa shape index (κ1) is 111. The fourth-order valence-electron chi connectivity index (χ4n) is 6.69. The second kappa shape index (κ2) is 99.0. The highest BCUT2D eigenvalue weighted by Gasteiger charge is 2.60. The molecule has 3 rings (SSSR count). The summed E-state index contributed by atoms with van der Waals surface area (Å²) in [5, 5.41) is 7.88. The van der Waals surface area contributed by atoms with Gasteiger partial charge in [0.25, 0.3) is 0 Å². The lowest BCUT2D eigenvalue weighted by Gasteiger charge is -2.11. The number of aliphatic hydroxyl groups excluding tert-OH is 1. The molecule has 3 N–H and O–H groups in total. The molecule has 5 heteroatoms. The standard InChI is InChI=1S/C110H2.C9H15NO.C8H12Br2.C3H8O/c1-3-5-7-9-11-13-15-17-19-21-23-25-27-29-31-33-35-37-39-41-43-45-47-49-51-53-55-57-59-61-63-65-67-69-71-73-75-77-79-81-83-85-87-89-91-93-95-97-99-101-103-105-107-109-110-108-106-104-102-100-98-96-94-92-90-88-86-84-82-80-78-76-74-72-70-68-66-64-62-60-58-56-54-52-50-48-46-44-42-40-38-36-34-32-30-28-26-24-22-20-18-16-14-12-10-8-6-4-2;10-8-11-9-6-4-2-1-3-5-7-9;9-8(10)6-4-2-1-3-5-7(6)8;1-2-3-4/h1-2H;9H,1-4,6,8,10H2;6-7H,1-5H2;4H,2-3H2,1H3. The third-order valence-corrected chi connectivity index (χ3v) is 14.0. The summed E-state index contributed by atoms with van der Waals surface area (Å²) in [4.78, 5) is 0. The highest BCUT2D eigenvalue weighted by molar-refractivity contribution is 9.25. The zero-order valence-electron chi connectivity index (χ0n) is 70.8. The van der Waals surface area contributed by atoms with Crippen LogP contribution in [0.3, 0.4) is 0 Å². The molecule has 0 aromatic rings. The van der Waals surface area contributed by atoms with Gasteiger partial charge in [0, 0.05) is 558 Å². The summed E-state index contributed by atoms with van der Waals surface area (Å²) in [6.45, 7) is 2.54. The van der Waals surface area contributed by atoms with Gasteiger partial charge >= 0.3 is 0 Å². The Kier molecular flexibility index (Phi) is 81.6. The van der Waals surface area contributed by atoms with Crippen LogP contribution in [-0.2, 0) is 4.74 Å². The number of fused-ring (bicyclic) bond motifs is 1. The molecule has 135 heavy (non-hydrogen) atoms. The molecule has 588 valence electrons. The zero-order chi connectivity index (χ0) is 96.9. The van der Waals surface area contributed by atoms with Gasteiger partial charge in [-0.2, -0.15) is 0 Å². The minimum Gasteiger partial charge on any atom is -0.396 e. The van der Waals surface area contributed by atoms with Crippen LogP contribution >= 0.6 is 31.9 Å². The molecule has 0 amide bonds. The van der Waals surface area contributed by atoms with Gasteiger partial charge in [-0.05, 0) is 145 Å². The van der Waals surface area contributed by atoms with Gasteiger partial charge < -0.3 is 15.6 Å². The van der Waals surface area contributed by atoms with E-state index < -0.39 is 0 Å². The number of terminal acetylenes is 2. The Hall–Kier alpha value is -23.8. The Balaban J connectivity index is 0.00000611. The van der Waals surface area contributed by atoms with E-state index >= 15 is 0 Å². The first-order chi connectivity index (χ1) is 67.0. The SMILES string of the molecule is BrC1(Br)C2CCCCCC21.C#CC#CC#CC#CC#CC#CC#CC#CC#CC#CC#CC#CC#CC#CC#CC#CC#CC#CC#CC#CC#CC#CC#CC#CC#CC#CC#CC#CC#CC#CC#CC#CC#CC#CC#CC#CC#CC#CC#CC#CC#CC#CC#CC#CC#CC#CC#CC#CC#CC#CC#CC#CC#CC#CC#C.CCCO.NCOC1C#CCCCCC1. The molecule has 3 aliphatic carbocycles. The zero-order valence-corrected chi connectivity index (χ0v) is 73.9. The van der Waals surface area contributed by atoms with Gasteiger partial charge in [-0.3, -0.25) is 0 Å². The molecule has 3 unspecified atom stereocenters. The Morgan fingerprint density at radius 2 is 0.356 bits per heavy atom. The van der Waals surface area contributed by atoms with E-state index in [2.05, 4.69) is 683 Å². The molecule has 0 aromatic carbocycles. The van der Waals surface area contributed by atoms with E-state index in [9.17, 15) is 0 Å². The van der Waals surface area contributed by atoms with E-state index in [1.54, 1.807) is 0 Å². The van der Waals surface area contributed by atoms with Crippen molar-refractivity contribution in [1.82, 2.24) is 0 Å². The fraction of sp³-hybridized carbons (Fsp3) is 0.138. The monoisotopic (exact) mass is 1800 g/mol. The third-order valence-electron chi connectivity index (χ3n) is 11.7. The minimum atomic E-state index is 0.0975. The molecule has 3 nitrogen and oxygen atoms in total. The molecular weight excluding hydrogens is 1770 g/mol. The average Bonchev–Trinajstić information content (AvgIpc) is 1.58. The van der Waals surface area contributed by atoms with Crippen LogP contribution in [0.5, 0.6) is 0 Å². The Morgan fingerprint density at radius 3 is 0.481 bits per heavy atom. The number of nitrogens with two attached hydrogens (primary N) is 1. The van der Waals surface area contributed by atoms with Crippen LogP contribution in [-0.4, -0.2) is 27.8 Å². The largest absolute Gasteiger partial charge is 0.396 e. The molecule has 0 bridgehead atoms. The van der Waals surface area contributed by atoms with Gasteiger partial charge in [0.05, 0.1) is 9.96 Å². The van der Waals surface area contributed by atoms with E-state index in [0.717, 1.165) is 31.1 Å². The van der Waals surface area contributed by atoms with Crippen LogP contribution in [0.2, 0.25) is 0 Å². The summed E-state index contributed by atoms with van der Waals surface area (Å²) >= 11 is 7.46. The number of halogens is 2. The molecule has 0 spiro atoms. The summed E-state index contributed by atoms with van der Waals surface area (Å²) in [6, 6.07) is 0. The van der Waals surface area contributed by atoms with Crippen molar-refractivity contribution in [2.24, 2.45) is 17.6 Å². The van der Waals surface area contributed by atoms with Gasteiger partial charge in [-0.15, -0.1) is 18.8 Å². The van der Waals surface area contributed by atoms with Crippen molar-refractivity contribution in [3.63, 3.8) is 0 Å². The summed E-state index contributed by atoms with van der Waals surface area (Å²) in [6.07, 6.45) is 23.9. The molecule has 0 radical (unpaired) electrons. The van der Waals surface area contributed by atoms with E-state index in [1.807, 2.05) is 6.92 Å². The van der Waals surface area contributed by atoms with Crippen LogP contribution in [0, 0.1) is 676 Å².